The van der Waals surface area contributed by atoms with Crippen molar-refractivity contribution in [3.8, 4) is 0 Å². The molecule has 1 fully saturated rings. The molecule has 138 valence electrons. The summed E-state index contributed by atoms with van der Waals surface area (Å²) < 4.78 is 10.4. The lowest BCUT2D eigenvalue weighted by Crippen LogP contribution is -2.49. The molecule has 1 N–H and O–H groups in total. The Kier molecular flexibility index (Phi) is 14.8. The van der Waals surface area contributed by atoms with E-state index in [1.165, 1.54) is 5.75 Å². The highest BCUT2D eigenvalue weighted by Gasteiger charge is 2.24. The molecular formula is C16H34IN3O2S. The SMILES string of the molecule is CN=C(NCCCCOCCOC)N1CCSC(C(C)C)C1.I. The molecule has 0 aromatic rings. The van der Waals surface area contributed by atoms with Crippen LogP contribution in [-0.2, 0) is 9.47 Å². The number of hydrogen-bond donors (Lipinski definition) is 1. The monoisotopic (exact) mass is 459 g/mol. The molecule has 1 unspecified atom stereocenters. The minimum Gasteiger partial charge on any atom is -0.382 e. The van der Waals surface area contributed by atoms with Crippen LogP contribution in [0.2, 0.25) is 0 Å². The summed E-state index contributed by atoms with van der Waals surface area (Å²) in [6.07, 6.45) is 2.17. The summed E-state index contributed by atoms with van der Waals surface area (Å²) in [6, 6.07) is 0. The summed E-state index contributed by atoms with van der Waals surface area (Å²) in [5.74, 6) is 2.96. The fraction of sp³-hybridized carbons (Fsp3) is 0.938. The molecule has 1 saturated heterocycles. The molecule has 0 aromatic heterocycles. The highest BCUT2D eigenvalue weighted by Crippen LogP contribution is 2.24. The normalized spacial score (nSPS) is 18.9. The number of ether oxygens (including phenoxy) is 2. The van der Waals surface area contributed by atoms with Crippen LogP contribution >= 0.6 is 35.7 Å². The number of thioether (sulfide) groups is 1. The van der Waals surface area contributed by atoms with Crippen LogP contribution in [0, 0.1) is 5.92 Å². The molecule has 0 aliphatic carbocycles. The zero-order valence-corrected chi connectivity index (χ0v) is 18.2. The Labute approximate surface area is 163 Å². The Morgan fingerprint density at radius 1 is 1.30 bits per heavy atom. The van der Waals surface area contributed by atoms with E-state index in [9.17, 15) is 0 Å². The number of unbranched alkanes of at least 4 members (excludes halogenated alkanes) is 1. The van der Waals surface area contributed by atoms with Crippen LogP contribution in [0.1, 0.15) is 26.7 Å². The molecule has 0 amide bonds. The maximum atomic E-state index is 5.47. The smallest absolute Gasteiger partial charge is 0.193 e. The zero-order chi connectivity index (χ0) is 16.2. The van der Waals surface area contributed by atoms with E-state index >= 15 is 0 Å². The van der Waals surface area contributed by atoms with E-state index in [-0.39, 0.29) is 24.0 Å². The van der Waals surface area contributed by atoms with Crippen molar-refractivity contribution in [2.24, 2.45) is 10.9 Å². The Hall–Kier alpha value is 0.270. The lowest BCUT2D eigenvalue weighted by Gasteiger charge is -2.36. The quantitative estimate of drug-likeness (QED) is 0.249. The van der Waals surface area contributed by atoms with Gasteiger partial charge in [0.25, 0.3) is 0 Å². The standard InChI is InChI=1S/C16H33N3O2S.HI/c1-14(2)15-13-19(8-12-22-15)16(17-3)18-7-5-6-9-21-11-10-20-4;/h14-15H,5-13H2,1-4H3,(H,17,18);1H. The van der Waals surface area contributed by atoms with Crippen LogP contribution < -0.4 is 5.32 Å². The molecule has 1 rings (SSSR count). The number of rotatable bonds is 9. The third-order valence-corrected chi connectivity index (χ3v) is 5.32. The van der Waals surface area contributed by atoms with E-state index in [0.29, 0.717) is 18.5 Å². The molecule has 5 nitrogen and oxygen atoms in total. The minimum absolute atomic E-state index is 0. The van der Waals surface area contributed by atoms with Crippen LogP contribution in [0.4, 0.5) is 0 Å². The van der Waals surface area contributed by atoms with E-state index in [1.807, 2.05) is 7.05 Å². The first-order valence-electron chi connectivity index (χ1n) is 8.33. The Morgan fingerprint density at radius 3 is 2.74 bits per heavy atom. The first-order valence-corrected chi connectivity index (χ1v) is 9.37. The number of nitrogens with zero attached hydrogens (tertiary/aromatic N) is 2. The van der Waals surface area contributed by atoms with Crippen LogP contribution in [0.5, 0.6) is 0 Å². The fourth-order valence-corrected chi connectivity index (χ4v) is 3.68. The van der Waals surface area contributed by atoms with Crippen molar-refractivity contribution < 1.29 is 9.47 Å². The highest BCUT2D eigenvalue weighted by molar-refractivity contribution is 14.0. The van der Waals surface area contributed by atoms with Gasteiger partial charge in [0.15, 0.2) is 5.96 Å². The molecule has 0 spiro atoms. The van der Waals surface area contributed by atoms with Crippen molar-refractivity contribution >= 4 is 41.7 Å². The van der Waals surface area contributed by atoms with Crippen LogP contribution in [0.15, 0.2) is 4.99 Å². The molecule has 1 heterocycles. The van der Waals surface area contributed by atoms with Gasteiger partial charge in [0.2, 0.25) is 0 Å². The van der Waals surface area contributed by atoms with Gasteiger partial charge in [-0.3, -0.25) is 4.99 Å². The van der Waals surface area contributed by atoms with Gasteiger partial charge in [-0.05, 0) is 18.8 Å². The van der Waals surface area contributed by atoms with Crippen molar-refractivity contribution in [3.63, 3.8) is 0 Å². The second-order valence-corrected chi connectivity index (χ2v) is 7.23. The zero-order valence-electron chi connectivity index (χ0n) is 15.0. The topological polar surface area (TPSA) is 46.1 Å². The van der Waals surface area contributed by atoms with Crippen molar-refractivity contribution in [1.82, 2.24) is 10.2 Å². The van der Waals surface area contributed by atoms with Crippen molar-refractivity contribution in [1.29, 1.82) is 0 Å². The molecule has 0 aromatic carbocycles. The molecule has 7 heteroatoms. The maximum Gasteiger partial charge on any atom is 0.193 e. The second-order valence-electron chi connectivity index (χ2n) is 5.89. The lowest BCUT2D eigenvalue weighted by atomic mass is 10.1. The van der Waals surface area contributed by atoms with Gasteiger partial charge in [0, 0.05) is 51.4 Å². The van der Waals surface area contributed by atoms with E-state index in [1.54, 1.807) is 7.11 Å². The van der Waals surface area contributed by atoms with Crippen LogP contribution in [-0.4, -0.2) is 75.5 Å². The molecule has 23 heavy (non-hydrogen) atoms. The first kappa shape index (κ1) is 23.3. The maximum absolute atomic E-state index is 5.47. The van der Waals surface area contributed by atoms with Gasteiger partial charge < -0.3 is 19.7 Å². The first-order chi connectivity index (χ1) is 10.7. The highest BCUT2D eigenvalue weighted by atomic mass is 127. The summed E-state index contributed by atoms with van der Waals surface area (Å²) in [7, 11) is 3.57. The van der Waals surface area contributed by atoms with Crippen molar-refractivity contribution in [2.45, 2.75) is 31.9 Å². The second kappa shape index (κ2) is 14.6. The van der Waals surface area contributed by atoms with Crippen molar-refractivity contribution in [2.75, 3.05) is 59.4 Å². The number of methoxy groups -OCH3 is 1. The van der Waals surface area contributed by atoms with Gasteiger partial charge in [-0.25, -0.2) is 0 Å². The summed E-state index contributed by atoms with van der Waals surface area (Å²) in [4.78, 5) is 6.84. The molecule has 1 atom stereocenters. The van der Waals surface area contributed by atoms with E-state index in [4.69, 9.17) is 9.47 Å². The number of guanidine groups is 1. The molecule has 0 bridgehead atoms. The summed E-state index contributed by atoms with van der Waals surface area (Å²) in [5.41, 5.74) is 0. The van der Waals surface area contributed by atoms with Crippen LogP contribution in [0.3, 0.4) is 0 Å². The third kappa shape index (κ3) is 9.99. The summed E-state index contributed by atoms with van der Waals surface area (Å²) >= 11 is 2.09. The average molecular weight is 459 g/mol. The molecule has 0 radical (unpaired) electrons. The number of aliphatic imine (C=N–C) groups is 1. The summed E-state index contributed by atoms with van der Waals surface area (Å²) in [6.45, 7) is 9.93. The van der Waals surface area contributed by atoms with Gasteiger partial charge in [0.05, 0.1) is 13.2 Å². The van der Waals surface area contributed by atoms with E-state index < -0.39 is 0 Å². The van der Waals surface area contributed by atoms with Gasteiger partial charge in [-0.1, -0.05) is 13.8 Å². The van der Waals surface area contributed by atoms with Gasteiger partial charge in [-0.2, -0.15) is 11.8 Å². The molecular weight excluding hydrogens is 425 g/mol. The average Bonchev–Trinajstić information content (AvgIpc) is 2.53. The Balaban J connectivity index is 0.00000484. The van der Waals surface area contributed by atoms with E-state index in [2.05, 4.69) is 40.8 Å². The van der Waals surface area contributed by atoms with Gasteiger partial charge in [0.1, 0.15) is 0 Å². The largest absolute Gasteiger partial charge is 0.382 e. The Bertz CT molecular complexity index is 320. The summed E-state index contributed by atoms with van der Waals surface area (Å²) in [5, 5.41) is 4.20. The molecule has 0 saturated carbocycles. The predicted octanol–water partition coefficient (Wildman–Crippen LogP) is 2.70. The third-order valence-electron chi connectivity index (χ3n) is 3.78. The number of hydrogen-bond acceptors (Lipinski definition) is 4. The van der Waals surface area contributed by atoms with E-state index in [0.717, 1.165) is 51.0 Å². The van der Waals surface area contributed by atoms with Crippen LogP contribution in [0.25, 0.3) is 0 Å². The fourth-order valence-electron chi connectivity index (χ4n) is 2.38. The molecule has 1 aliphatic heterocycles. The number of halogens is 1. The lowest BCUT2D eigenvalue weighted by molar-refractivity contribution is 0.0689. The molecule has 1 aliphatic rings. The number of nitrogens with one attached hydrogen (secondary N) is 1. The van der Waals surface area contributed by atoms with Gasteiger partial charge in [-0.15, -0.1) is 24.0 Å². The Morgan fingerprint density at radius 2 is 2.09 bits per heavy atom. The van der Waals surface area contributed by atoms with Gasteiger partial charge >= 0.3 is 0 Å². The van der Waals surface area contributed by atoms with Crippen molar-refractivity contribution in [3.05, 3.63) is 0 Å². The predicted molar refractivity (Wildman–Crippen MR) is 111 cm³/mol. The minimum atomic E-state index is 0.